The highest BCUT2D eigenvalue weighted by Gasteiger charge is 2.40. The SMILES string of the molecule is C=C1N(C)c2c(OC)ccc(Cl)c2C1(C)C. The minimum Gasteiger partial charge on any atom is -0.495 e. The molecule has 3 heteroatoms. The first-order valence-electron chi connectivity index (χ1n) is 5.21. The zero-order valence-corrected chi connectivity index (χ0v) is 10.9. The number of hydrogen-bond donors (Lipinski definition) is 0. The van der Waals surface area contributed by atoms with E-state index < -0.39 is 0 Å². The quantitative estimate of drug-likeness (QED) is 0.740. The lowest BCUT2D eigenvalue weighted by atomic mass is 9.84. The van der Waals surface area contributed by atoms with Gasteiger partial charge in [-0.25, -0.2) is 0 Å². The van der Waals surface area contributed by atoms with Gasteiger partial charge in [-0.05, 0) is 12.1 Å². The summed E-state index contributed by atoms with van der Waals surface area (Å²) in [5.74, 6) is 0.841. The van der Waals surface area contributed by atoms with Crippen molar-refractivity contribution in [1.82, 2.24) is 0 Å². The lowest BCUT2D eigenvalue weighted by molar-refractivity contribution is 0.415. The molecular weight excluding hydrogens is 222 g/mol. The van der Waals surface area contributed by atoms with E-state index in [0.717, 1.165) is 27.7 Å². The van der Waals surface area contributed by atoms with Crippen LogP contribution in [0, 0.1) is 0 Å². The molecule has 0 unspecified atom stereocenters. The van der Waals surface area contributed by atoms with Crippen molar-refractivity contribution in [1.29, 1.82) is 0 Å². The third kappa shape index (κ3) is 1.26. The number of benzene rings is 1. The molecule has 2 nitrogen and oxygen atoms in total. The van der Waals surface area contributed by atoms with Crippen LogP contribution < -0.4 is 9.64 Å². The van der Waals surface area contributed by atoms with E-state index in [1.54, 1.807) is 7.11 Å². The van der Waals surface area contributed by atoms with Gasteiger partial charge in [0, 0.05) is 28.7 Å². The largest absolute Gasteiger partial charge is 0.495 e. The van der Waals surface area contributed by atoms with E-state index in [1.165, 1.54) is 0 Å². The normalized spacial score (nSPS) is 17.6. The van der Waals surface area contributed by atoms with Crippen LogP contribution in [0.3, 0.4) is 0 Å². The molecule has 86 valence electrons. The van der Waals surface area contributed by atoms with Crippen LogP contribution in [0.2, 0.25) is 5.02 Å². The third-order valence-corrected chi connectivity index (χ3v) is 3.71. The monoisotopic (exact) mass is 237 g/mol. The van der Waals surface area contributed by atoms with E-state index in [2.05, 4.69) is 25.3 Å². The molecule has 0 bridgehead atoms. The summed E-state index contributed by atoms with van der Waals surface area (Å²) in [6.45, 7) is 8.39. The van der Waals surface area contributed by atoms with Crippen molar-refractivity contribution >= 4 is 17.3 Å². The molecule has 0 radical (unpaired) electrons. The maximum Gasteiger partial charge on any atom is 0.142 e. The Morgan fingerprint density at radius 3 is 2.56 bits per heavy atom. The lowest BCUT2D eigenvalue weighted by Crippen LogP contribution is -2.21. The second-order valence-electron chi connectivity index (χ2n) is 4.60. The van der Waals surface area contributed by atoms with E-state index in [1.807, 2.05) is 19.2 Å². The molecule has 1 heterocycles. The number of methoxy groups -OCH3 is 1. The van der Waals surface area contributed by atoms with Crippen LogP contribution in [-0.4, -0.2) is 14.2 Å². The van der Waals surface area contributed by atoms with Crippen molar-refractivity contribution in [2.75, 3.05) is 19.1 Å². The standard InChI is InChI=1S/C13H16ClNO/c1-8-13(2,3)11-9(14)6-7-10(16-5)12(11)15(8)4/h6-7H,1H2,2-5H3. The molecule has 2 rings (SSSR count). The van der Waals surface area contributed by atoms with Crippen LogP contribution in [0.5, 0.6) is 5.75 Å². The van der Waals surface area contributed by atoms with Crippen LogP contribution in [0.4, 0.5) is 5.69 Å². The highest BCUT2D eigenvalue weighted by molar-refractivity contribution is 6.32. The Hall–Kier alpha value is -1.15. The number of nitrogens with zero attached hydrogens (tertiary/aromatic N) is 1. The van der Waals surface area contributed by atoms with E-state index in [4.69, 9.17) is 16.3 Å². The molecule has 0 amide bonds. The van der Waals surface area contributed by atoms with Crippen LogP contribution in [0.15, 0.2) is 24.4 Å². The number of anilines is 1. The number of ether oxygens (including phenoxy) is 1. The fourth-order valence-electron chi connectivity index (χ4n) is 2.34. The molecule has 0 saturated heterocycles. The van der Waals surface area contributed by atoms with Gasteiger partial charge in [-0.2, -0.15) is 0 Å². The van der Waals surface area contributed by atoms with Crippen molar-refractivity contribution < 1.29 is 4.74 Å². The summed E-state index contributed by atoms with van der Waals surface area (Å²) < 4.78 is 5.38. The second-order valence-corrected chi connectivity index (χ2v) is 5.01. The predicted molar refractivity (Wildman–Crippen MR) is 68.6 cm³/mol. The topological polar surface area (TPSA) is 12.5 Å². The van der Waals surface area contributed by atoms with Gasteiger partial charge in [-0.1, -0.05) is 32.0 Å². The third-order valence-electron chi connectivity index (χ3n) is 3.40. The lowest BCUT2D eigenvalue weighted by Gasteiger charge is -2.22. The minimum atomic E-state index is -0.143. The summed E-state index contributed by atoms with van der Waals surface area (Å²) in [4.78, 5) is 2.06. The van der Waals surface area contributed by atoms with Crippen LogP contribution in [0.1, 0.15) is 19.4 Å². The van der Waals surface area contributed by atoms with Gasteiger partial charge >= 0.3 is 0 Å². The zero-order chi connectivity index (χ0) is 12.1. The molecule has 0 atom stereocenters. The Morgan fingerprint density at radius 2 is 2.00 bits per heavy atom. The minimum absolute atomic E-state index is 0.143. The molecule has 1 aromatic carbocycles. The molecule has 1 aromatic rings. The van der Waals surface area contributed by atoms with Crippen LogP contribution in [0.25, 0.3) is 0 Å². The number of hydrogen-bond acceptors (Lipinski definition) is 2. The smallest absolute Gasteiger partial charge is 0.142 e. The number of allylic oxidation sites excluding steroid dienone is 1. The van der Waals surface area contributed by atoms with Crippen LogP contribution in [-0.2, 0) is 5.41 Å². The van der Waals surface area contributed by atoms with Gasteiger partial charge in [0.25, 0.3) is 0 Å². The molecule has 0 aliphatic carbocycles. The van der Waals surface area contributed by atoms with Gasteiger partial charge in [0.05, 0.1) is 12.8 Å². The summed E-state index contributed by atoms with van der Waals surface area (Å²) >= 11 is 6.29. The summed E-state index contributed by atoms with van der Waals surface area (Å²) in [6, 6.07) is 3.78. The first kappa shape index (κ1) is 11.3. The van der Waals surface area contributed by atoms with Gasteiger partial charge in [-0.3, -0.25) is 0 Å². The van der Waals surface area contributed by atoms with Gasteiger partial charge < -0.3 is 9.64 Å². The number of rotatable bonds is 1. The Labute approximate surface area is 101 Å². The fraction of sp³-hybridized carbons (Fsp3) is 0.385. The zero-order valence-electron chi connectivity index (χ0n) is 10.1. The number of halogens is 1. The maximum atomic E-state index is 6.29. The van der Waals surface area contributed by atoms with Gasteiger partial charge in [-0.15, -0.1) is 0 Å². The average molecular weight is 238 g/mol. The van der Waals surface area contributed by atoms with Gasteiger partial charge in [0.1, 0.15) is 5.75 Å². The fourth-order valence-corrected chi connectivity index (χ4v) is 2.73. The van der Waals surface area contributed by atoms with Crippen molar-refractivity contribution in [3.63, 3.8) is 0 Å². The van der Waals surface area contributed by atoms with Crippen molar-refractivity contribution in [2.24, 2.45) is 0 Å². The first-order chi connectivity index (χ1) is 7.41. The molecule has 0 aromatic heterocycles. The number of likely N-dealkylation sites (N-methyl/N-ethyl adjacent to an activating group) is 1. The Kier molecular flexibility index (Phi) is 2.43. The Bertz CT molecular complexity index is 465. The molecule has 0 fully saturated rings. The predicted octanol–water partition coefficient (Wildman–Crippen LogP) is 3.59. The average Bonchev–Trinajstić information content (AvgIpc) is 2.42. The Balaban J connectivity index is 2.79. The van der Waals surface area contributed by atoms with Gasteiger partial charge in [0.15, 0.2) is 0 Å². The summed E-state index contributed by atoms with van der Waals surface area (Å²) in [5, 5.41) is 0.770. The van der Waals surface area contributed by atoms with E-state index >= 15 is 0 Å². The summed E-state index contributed by atoms with van der Waals surface area (Å²) in [6.07, 6.45) is 0. The van der Waals surface area contributed by atoms with Crippen molar-refractivity contribution in [2.45, 2.75) is 19.3 Å². The molecular formula is C13H16ClNO. The first-order valence-corrected chi connectivity index (χ1v) is 5.59. The molecule has 1 aliphatic heterocycles. The maximum absolute atomic E-state index is 6.29. The van der Waals surface area contributed by atoms with E-state index in [9.17, 15) is 0 Å². The molecule has 0 N–H and O–H groups in total. The van der Waals surface area contributed by atoms with Crippen LogP contribution >= 0.6 is 11.6 Å². The Morgan fingerprint density at radius 1 is 1.38 bits per heavy atom. The molecule has 16 heavy (non-hydrogen) atoms. The number of fused-ring (bicyclic) bond motifs is 1. The second kappa shape index (κ2) is 3.42. The van der Waals surface area contributed by atoms with Crippen molar-refractivity contribution in [3.05, 3.63) is 35.0 Å². The van der Waals surface area contributed by atoms with Crippen molar-refractivity contribution in [3.8, 4) is 5.75 Å². The summed E-state index contributed by atoms with van der Waals surface area (Å²) in [7, 11) is 3.67. The molecule has 0 saturated carbocycles. The highest BCUT2D eigenvalue weighted by Crippen LogP contribution is 2.52. The van der Waals surface area contributed by atoms with E-state index in [0.29, 0.717) is 0 Å². The highest BCUT2D eigenvalue weighted by atomic mass is 35.5. The molecule has 1 aliphatic rings. The summed E-state index contributed by atoms with van der Waals surface area (Å²) in [5.41, 5.74) is 3.02. The molecule has 0 spiro atoms. The van der Waals surface area contributed by atoms with Gasteiger partial charge in [0.2, 0.25) is 0 Å². The van der Waals surface area contributed by atoms with E-state index in [-0.39, 0.29) is 5.41 Å².